The zero-order valence-corrected chi connectivity index (χ0v) is 12.0. The summed E-state index contributed by atoms with van der Waals surface area (Å²) in [7, 11) is 0. The molecule has 0 aromatic carbocycles. The van der Waals surface area contributed by atoms with Gasteiger partial charge in [-0.3, -0.25) is 9.58 Å². The van der Waals surface area contributed by atoms with Crippen LogP contribution in [0.4, 0.5) is 0 Å². The van der Waals surface area contributed by atoms with E-state index in [1.54, 1.807) is 0 Å². The largest absolute Gasteiger partial charge is 0.374 e. The summed E-state index contributed by atoms with van der Waals surface area (Å²) in [5, 5.41) is 8.24. The minimum atomic E-state index is 0.173. The molecule has 1 atom stereocenters. The standard InChI is InChI=1S/C14H20N4O2/c1-11-6-15-18(7-11)10-14-9-17(3-4-19-14)8-13-5-12(2)16-20-13/h5-7,14H,3-4,8-10H2,1-2H3. The maximum Gasteiger partial charge on any atom is 0.150 e. The molecule has 1 aliphatic rings. The van der Waals surface area contributed by atoms with E-state index in [0.29, 0.717) is 0 Å². The van der Waals surface area contributed by atoms with E-state index >= 15 is 0 Å². The van der Waals surface area contributed by atoms with Crippen molar-refractivity contribution in [2.45, 2.75) is 33.0 Å². The van der Waals surface area contributed by atoms with Gasteiger partial charge in [-0.25, -0.2) is 0 Å². The van der Waals surface area contributed by atoms with Gasteiger partial charge in [0, 0.05) is 25.4 Å². The molecule has 6 heteroatoms. The zero-order chi connectivity index (χ0) is 13.9. The van der Waals surface area contributed by atoms with Gasteiger partial charge in [0.2, 0.25) is 0 Å². The van der Waals surface area contributed by atoms with Crippen LogP contribution in [0.15, 0.2) is 23.0 Å². The highest BCUT2D eigenvalue weighted by Crippen LogP contribution is 2.12. The Balaban J connectivity index is 1.56. The van der Waals surface area contributed by atoms with E-state index in [4.69, 9.17) is 9.26 Å². The summed E-state index contributed by atoms with van der Waals surface area (Å²) in [6.07, 6.45) is 4.09. The fraction of sp³-hybridized carbons (Fsp3) is 0.571. The monoisotopic (exact) mass is 276 g/mol. The Morgan fingerprint density at radius 3 is 3.00 bits per heavy atom. The van der Waals surface area contributed by atoms with Gasteiger partial charge in [0.25, 0.3) is 0 Å². The summed E-state index contributed by atoms with van der Waals surface area (Å²) in [6.45, 7) is 8.13. The normalized spacial score (nSPS) is 20.4. The van der Waals surface area contributed by atoms with Crippen molar-refractivity contribution in [3.63, 3.8) is 0 Å². The predicted molar refractivity (Wildman–Crippen MR) is 73.2 cm³/mol. The minimum Gasteiger partial charge on any atom is -0.374 e. The van der Waals surface area contributed by atoms with Crippen LogP contribution in [0.25, 0.3) is 0 Å². The van der Waals surface area contributed by atoms with Gasteiger partial charge in [-0.05, 0) is 19.4 Å². The molecule has 1 saturated heterocycles. The molecule has 6 nitrogen and oxygen atoms in total. The number of hydrogen-bond donors (Lipinski definition) is 0. The van der Waals surface area contributed by atoms with Crippen LogP contribution >= 0.6 is 0 Å². The molecule has 0 radical (unpaired) electrons. The first-order valence-corrected chi connectivity index (χ1v) is 6.94. The molecule has 0 spiro atoms. The van der Waals surface area contributed by atoms with E-state index in [1.807, 2.05) is 37.0 Å². The summed E-state index contributed by atoms with van der Waals surface area (Å²) >= 11 is 0. The van der Waals surface area contributed by atoms with Crippen LogP contribution in [0.1, 0.15) is 17.0 Å². The third-order valence-corrected chi connectivity index (χ3v) is 3.43. The number of morpholine rings is 1. The molecule has 3 heterocycles. The molecule has 1 aliphatic heterocycles. The van der Waals surface area contributed by atoms with Crippen molar-refractivity contribution in [2.75, 3.05) is 19.7 Å². The Morgan fingerprint density at radius 1 is 1.40 bits per heavy atom. The molecule has 108 valence electrons. The number of aromatic nitrogens is 3. The highest BCUT2D eigenvalue weighted by atomic mass is 16.5. The summed E-state index contributed by atoms with van der Waals surface area (Å²) in [5.74, 6) is 0.915. The SMILES string of the molecule is Cc1cnn(CC2CN(Cc3cc(C)no3)CCO2)c1. The Bertz CT molecular complexity index is 515. The lowest BCUT2D eigenvalue weighted by atomic mass is 10.2. The van der Waals surface area contributed by atoms with E-state index in [9.17, 15) is 0 Å². The molecule has 2 aromatic rings. The Morgan fingerprint density at radius 2 is 2.30 bits per heavy atom. The van der Waals surface area contributed by atoms with E-state index in [1.165, 1.54) is 5.56 Å². The molecule has 0 aliphatic carbocycles. The van der Waals surface area contributed by atoms with Crippen LogP contribution in [-0.4, -0.2) is 45.6 Å². The molecule has 3 rings (SSSR count). The number of aryl methyl sites for hydroxylation is 2. The average molecular weight is 276 g/mol. The number of ether oxygens (including phenoxy) is 1. The number of hydrogen-bond acceptors (Lipinski definition) is 5. The maximum absolute atomic E-state index is 5.82. The molecule has 0 bridgehead atoms. The van der Waals surface area contributed by atoms with Crippen molar-refractivity contribution in [3.8, 4) is 0 Å². The van der Waals surface area contributed by atoms with Crippen LogP contribution < -0.4 is 0 Å². The van der Waals surface area contributed by atoms with Crippen LogP contribution in [-0.2, 0) is 17.8 Å². The van der Waals surface area contributed by atoms with Crippen LogP contribution in [0.5, 0.6) is 0 Å². The van der Waals surface area contributed by atoms with Gasteiger partial charge in [0.05, 0.1) is 37.7 Å². The first kappa shape index (κ1) is 13.3. The molecule has 1 unspecified atom stereocenters. The minimum absolute atomic E-state index is 0.173. The van der Waals surface area contributed by atoms with E-state index in [-0.39, 0.29) is 6.10 Å². The molecule has 1 fully saturated rings. The van der Waals surface area contributed by atoms with E-state index < -0.39 is 0 Å². The summed E-state index contributed by atoms with van der Waals surface area (Å²) in [5.41, 5.74) is 2.10. The summed E-state index contributed by atoms with van der Waals surface area (Å²) < 4.78 is 13.0. The summed E-state index contributed by atoms with van der Waals surface area (Å²) in [4.78, 5) is 2.34. The lowest BCUT2D eigenvalue weighted by molar-refractivity contribution is -0.0422. The Kier molecular flexibility index (Phi) is 3.84. The van der Waals surface area contributed by atoms with Crippen molar-refractivity contribution >= 4 is 0 Å². The second kappa shape index (κ2) is 5.76. The third kappa shape index (κ3) is 3.26. The van der Waals surface area contributed by atoms with Crippen molar-refractivity contribution in [3.05, 3.63) is 35.5 Å². The summed E-state index contributed by atoms with van der Waals surface area (Å²) in [6, 6.07) is 1.99. The van der Waals surface area contributed by atoms with Crippen molar-refractivity contribution in [1.29, 1.82) is 0 Å². The van der Waals surface area contributed by atoms with Gasteiger partial charge in [0.15, 0.2) is 5.76 Å². The Hall–Kier alpha value is -1.66. The van der Waals surface area contributed by atoms with Crippen molar-refractivity contribution < 1.29 is 9.26 Å². The first-order valence-electron chi connectivity index (χ1n) is 6.94. The maximum atomic E-state index is 5.82. The van der Waals surface area contributed by atoms with Crippen molar-refractivity contribution in [2.24, 2.45) is 0 Å². The molecular weight excluding hydrogens is 256 g/mol. The Labute approximate surface area is 118 Å². The predicted octanol–water partition coefficient (Wildman–Crippen LogP) is 1.39. The highest BCUT2D eigenvalue weighted by Gasteiger charge is 2.22. The number of rotatable bonds is 4. The van der Waals surface area contributed by atoms with Crippen molar-refractivity contribution in [1.82, 2.24) is 19.8 Å². The number of nitrogens with zero attached hydrogens (tertiary/aromatic N) is 4. The lowest BCUT2D eigenvalue weighted by Gasteiger charge is -2.32. The van der Waals surface area contributed by atoms with Crippen LogP contribution in [0.2, 0.25) is 0 Å². The average Bonchev–Trinajstić information content (AvgIpc) is 2.99. The lowest BCUT2D eigenvalue weighted by Crippen LogP contribution is -2.43. The van der Waals surface area contributed by atoms with Gasteiger partial charge in [-0.1, -0.05) is 5.16 Å². The second-order valence-corrected chi connectivity index (χ2v) is 5.40. The topological polar surface area (TPSA) is 56.3 Å². The van der Waals surface area contributed by atoms with Crippen LogP contribution in [0.3, 0.4) is 0 Å². The molecule has 2 aromatic heterocycles. The molecule has 0 N–H and O–H groups in total. The van der Waals surface area contributed by atoms with Gasteiger partial charge >= 0.3 is 0 Å². The van der Waals surface area contributed by atoms with Crippen LogP contribution in [0, 0.1) is 13.8 Å². The van der Waals surface area contributed by atoms with E-state index in [2.05, 4.69) is 15.2 Å². The molecule has 0 saturated carbocycles. The molecule has 0 amide bonds. The quantitative estimate of drug-likeness (QED) is 0.844. The second-order valence-electron chi connectivity index (χ2n) is 5.40. The molecular formula is C14H20N4O2. The molecule has 20 heavy (non-hydrogen) atoms. The zero-order valence-electron chi connectivity index (χ0n) is 12.0. The smallest absolute Gasteiger partial charge is 0.150 e. The first-order chi connectivity index (χ1) is 9.69. The van der Waals surface area contributed by atoms with E-state index in [0.717, 1.165) is 44.2 Å². The fourth-order valence-electron chi connectivity index (χ4n) is 2.52. The van der Waals surface area contributed by atoms with Gasteiger partial charge < -0.3 is 9.26 Å². The van der Waals surface area contributed by atoms with Gasteiger partial charge in [0.1, 0.15) is 0 Å². The highest BCUT2D eigenvalue weighted by molar-refractivity contribution is 5.03. The fourth-order valence-corrected chi connectivity index (χ4v) is 2.52. The van der Waals surface area contributed by atoms with Gasteiger partial charge in [-0.2, -0.15) is 5.10 Å². The third-order valence-electron chi connectivity index (χ3n) is 3.43. The van der Waals surface area contributed by atoms with Gasteiger partial charge in [-0.15, -0.1) is 0 Å².